The molecule has 158 valence electrons. The molecule has 2 fully saturated rings. The van der Waals surface area contributed by atoms with Gasteiger partial charge in [-0.15, -0.1) is 0 Å². The van der Waals surface area contributed by atoms with Gasteiger partial charge in [-0.3, -0.25) is 4.79 Å². The average Bonchev–Trinajstić information content (AvgIpc) is 3.14. The van der Waals surface area contributed by atoms with Gasteiger partial charge >= 0.3 is 0 Å². The number of carbonyl (C=O) groups is 1. The summed E-state index contributed by atoms with van der Waals surface area (Å²) in [5.41, 5.74) is 1.65. The minimum absolute atomic E-state index is 0.000397. The second-order valence-corrected chi connectivity index (χ2v) is 11.1. The SMILES string of the molecule is CCC(=O)N=C1S[C@H]2CS(=O)(=O)C[C@@H]2N1c1cc(Cl)ccc1Oc1cccc(C)c1. The molecule has 2 saturated heterocycles. The summed E-state index contributed by atoms with van der Waals surface area (Å²) in [5, 5.41) is 0.782. The zero-order valence-corrected chi connectivity index (χ0v) is 18.9. The highest BCUT2D eigenvalue weighted by molar-refractivity contribution is 8.16. The Morgan fingerprint density at radius 3 is 2.80 bits per heavy atom. The van der Waals surface area contributed by atoms with Crippen molar-refractivity contribution in [3.63, 3.8) is 0 Å². The van der Waals surface area contributed by atoms with Gasteiger partial charge in [-0.05, 0) is 42.8 Å². The molecule has 2 heterocycles. The second kappa shape index (κ2) is 8.24. The first kappa shape index (κ1) is 21.2. The van der Waals surface area contributed by atoms with E-state index in [0.717, 1.165) is 5.56 Å². The number of carbonyl (C=O) groups excluding carboxylic acids is 1. The fraction of sp³-hybridized carbons (Fsp3) is 0.333. The lowest BCUT2D eigenvalue weighted by molar-refractivity contribution is -0.117. The van der Waals surface area contributed by atoms with Crippen molar-refractivity contribution in [2.75, 3.05) is 16.4 Å². The number of amidine groups is 1. The number of thioether (sulfide) groups is 1. The van der Waals surface area contributed by atoms with Gasteiger partial charge < -0.3 is 9.64 Å². The van der Waals surface area contributed by atoms with E-state index in [2.05, 4.69) is 4.99 Å². The molecular formula is C21H21ClN2O4S2. The maximum absolute atomic E-state index is 12.3. The minimum atomic E-state index is -3.17. The van der Waals surface area contributed by atoms with E-state index >= 15 is 0 Å². The molecule has 0 aliphatic carbocycles. The molecule has 6 nitrogen and oxygen atoms in total. The van der Waals surface area contributed by atoms with E-state index in [0.29, 0.717) is 27.4 Å². The minimum Gasteiger partial charge on any atom is -0.455 e. The number of amides is 1. The molecular weight excluding hydrogens is 444 g/mol. The van der Waals surface area contributed by atoms with E-state index in [-0.39, 0.29) is 35.1 Å². The smallest absolute Gasteiger partial charge is 0.247 e. The lowest BCUT2D eigenvalue weighted by atomic mass is 10.2. The number of halogens is 1. The molecule has 2 atom stereocenters. The van der Waals surface area contributed by atoms with Crippen molar-refractivity contribution in [1.82, 2.24) is 0 Å². The van der Waals surface area contributed by atoms with Crippen molar-refractivity contribution in [2.24, 2.45) is 4.99 Å². The Morgan fingerprint density at radius 1 is 1.27 bits per heavy atom. The molecule has 0 saturated carbocycles. The number of fused-ring (bicyclic) bond motifs is 1. The molecule has 0 N–H and O–H groups in total. The Labute approximate surface area is 185 Å². The Morgan fingerprint density at radius 2 is 2.07 bits per heavy atom. The Bertz CT molecular complexity index is 1130. The summed E-state index contributed by atoms with van der Waals surface area (Å²) >= 11 is 7.62. The van der Waals surface area contributed by atoms with Crippen molar-refractivity contribution in [3.8, 4) is 11.5 Å². The Hall–Kier alpha value is -2.03. The molecule has 4 rings (SSSR count). The highest BCUT2D eigenvalue weighted by Crippen LogP contribution is 2.45. The summed E-state index contributed by atoms with van der Waals surface area (Å²) in [6.07, 6.45) is 0.272. The maximum atomic E-state index is 12.3. The van der Waals surface area contributed by atoms with Gasteiger partial charge in [0.1, 0.15) is 5.75 Å². The Kier molecular flexibility index (Phi) is 5.83. The molecule has 2 aliphatic rings. The molecule has 0 aromatic heterocycles. The predicted molar refractivity (Wildman–Crippen MR) is 122 cm³/mol. The summed E-state index contributed by atoms with van der Waals surface area (Å²) in [4.78, 5) is 18.1. The standard InChI is InChI=1S/C21H21ClN2O4S2/c1-3-20(25)23-21-24(17-11-30(26,27)12-19(17)29-21)16-10-14(22)7-8-18(16)28-15-6-4-5-13(2)9-15/h4-10,17,19H,3,11-12H2,1-2H3/t17-,19-/m0/s1. The van der Waals surface area contributed by atoms with Gasteiger partial charge in [0.2, 0.25) is 5.91 Å². The third-order valence-corrected chi connectivity index (χ3v) is 8.43. The first-order chi connectivity index (χ1) is 14.3. The third kappa shape index (κ3) is 4.36. The van der Waals surface area contributed by atoms with E-state index in [1.54, 1.807) is 25.1 Å². The van der Waals surface area contributed by atoms with Crippen LogP contribution in [0.2, 0.25) is 5.02 Å². The van der Waals surface area contributed by atoms with Crippen LogP contribution in [0.1, 0.15) is 18.9 Å². The number of anilines is 1. The van der Waals surface area contributed by atoms with Crippen molar-refractivity contribution in [3.05, 3.63) is 53.1 Å². The second-order valence-electron chi connectivity index (χ2n) is 7.34. The molecule has 2 aromatic rings. The molecule has 2 aromatic carbocycles. The molecule has 0 bridgehead atoms. The van der Waals surface area contributed by atoms with Crippen LogP contribution in [-0.2, 0) is 14.6 Å². The topological polar surface area (TPSA) is 76.0 Å². The Balaban J connectivity index is 1.80. The normalized spacial score (nSPS) is 23.6. The number of ether oxygens (including phenoxy) is 1. The highest BCUT2D eigenvalue weighted by Gasteiger charge is 2.50. The monoisotopic (exact) mass is 464 g/mol. The quantitative estimate of drug-likeness (QED) is 0.665. The number of sulfone groups is 1. The van der Waals surface area contributed by atoms with Gasteiger partial charge in [-0.2, -0.15) is 4.99 Å². The van der Waals surface area contributed by atoms with Crippen molar-refractivity contribution in [2.45, 2.75) is 31.6 Å². The van der Waals surface area contributed by atoms with Gasteiger partial charge in [0.15, 0.2) is 20.8 Å². The van der Waals surface area contributed by atoms with Crippen molar-refractivity contribution >= 4 is 50.0 Å². The van der Waals surface area contributed by atoms with Gasteiger partial charge in [0.05, 0.1) is 23.2 Å². The number of benzene rings is 2. The lowest BCUT2D eigenvalue weighted by Crippen LogP contribution is -2.38. The van der Waals surface area contributed by atoms with Crippen LogP contribution in [0.4, 0.5) is 5.69 Å². The van der Waals surface area contributed by atoms with Gasteiger partial charge in [0.25, 0.3) is 0 Å². The zero-order valence-electron chi connectivity index (χ0n) is 16.5. The van der Waals surface area contributed by atoms with Crippen LogP contribution < -0.4 is 9.64 Å². The molecule has 0 radical (unpaired) electrons. The summed E-state index contributed by atoms with van der Waals surface area (Å²) in [7, 11) is -3.17. The van der Waals surface area contributed by atoms with Crippen LogP contribution in [0.25, 0.3) is 0 Å². The van der Waals surface area contributed by atoms with Gasteiger partial charge in [-0.1, -0.05) is 42.4 Å². The number of hydrogen-bond donors (Lipinski definition) is 0. The summed E-state index contributed by atoms with van der Waals surface area (Å²) < 4.78 is 30.7. The lowest BCUT2D eigenvalue weighted by Gasteiger charge is -2.26. The number of rotatable bonds is 4. The first-order valence-electron chi connectivity index (χ1n) is 9.57. The molecule has 9 heteroatoms. The highest BCUT2D eigenvalue weighted by atomic mass is 35.5. The van der Waals surface area contributed by atoms with Crippen LogP contribution in [-0.4, -0.2) is 42.3 Å². The van der Waals surface area contributed by atoms with E-state index in [1.165, 1.54) is 11.8 Å². The molecule has 0 spiro atoms. The average molecular weight is 465 g/mol. The summed E-state index contributed by atoms with van der Waals surface area (Å²) in [6, 6.07) is 12.5. The maximum Gasteiger partial charge on any atom is 0.247 e. The molecule has 1 amide bonds. The van der Waals surface area contributed by atoms with Crippen LogP contribution in [0.3, 0.4) is 0 Å². The number of aryl methyl sites for hydroxylation is 1. The molecule has 2 aliphatic heterocycles. The van der Waals surface area contributed by atoms with Crippen LogP contribution in [0.5, 0.6) is 11.5 Å². The van der Waals surface area contributed by atoms with E-state index < -0.39 is 9.84 Å². The predicted octanol–water partition coefficient (Wildman–Crippen LogP) is 4.45. The number of aliphatic imine (C=N–C) groups is 1. The number of hydrogen-bond acceptors (Lipinski definition) is 5. The summed E-state index contributed by atoms with van der Waals surface area (Å²) in [6.45, 7) is 3.72. The number of nitrogens with zero attached hydrogens (tertiary/aromatic N) is 2. The van der Waals surface area contributed by atoms with Gasteiger partial charge in [0, 0.05) is 16.7 Å². The van der Waals surface area contributed by atoms with Crippen LogP contribution in [0.15, 0.2) is 47.5 Å². The van der Waals surface area contributed by atoms with Crippen LogP contribution >= 0.6 is 23.4 Å². The fourth-order valence-electron chi connectivity index (χ4n) is 3.60. The third-order valence-electron chi connectivity index (χ3n) is 4.99. The molecule has 30 heavy (non-hydrogen) atoms. The summed E-state index contributed by atoms with van der Waals surface area (Å²) in [5.74, 6) is 0.984. The fourth-order valence-corrected chi connectivity index (χ4v) is 7.69. The van der Waals surface area contributed by atoms with Crippen LogP contribution in [0, 0.1) is 6.92 Å². The molecule has 0 unspecified atom stereocenters. The first-order valence-corrected chi connectivity index (χ1v) is 12.7. The van der Waals surface area contributed by atoms with Crippen molar-refractivity contribution < 1.29 is 17.9 Å². The van der Waals surface area contributed by atoms with E-state index in [4.69, 9.17) is 16.3 Å². The van der Waals surface area contributed by atoms with E-state index in [1.807, 2.05) is 36.1 Å². The zero-order chi connectivity index (χ0) is 21.5. The largest absolute Gasteiger partial charge is 0.455 e. The van der Waals surface area contributed by atoms with Gasteiger partial charge in [-0.25, -0.2) is 8.42 Å². The van der Waals surface area contributed by atoms with Crippen molar-refractivity contribution in [1.29, 1.82) is 0 Å². The van der Waals surface area contributed by atoms with E-state index in [9.17, 15) is 13.2 Å².